The van der Waals surface area contributed by atoms with Crippen LogP contribution in [0.4, 0.5) is 47.2 Å². The van der Waals surface area contributed by atoms with Gasteiger partial charge in [-0.1, -0.05) is 18.1 Å². The number of alkyl halides is 7. The smallest absolute Gasteiger partial charge is 0.416 e. The molecule has 3 aromatic rings. The average Bonchev–Trinajstić information content (AvgIpc) is 3.44. The molecule has 1 amide bonds. The van der Waals surface area contributed by atoms with E-state index in [1.165, 1.54) is 26.7 Å². The van der Waals surface area contributed by atoms with Crippen molar-refractivity contribution >= 4 is 17.7 Å². The Morgan fingerprint density at radius 3 is 2.14 bits per heavy atom. The van der Waals surface area contributed by atoms with E-state index < -0.39 is 61.0 Å². The molecule has 4 rings (SSSR count). The van der Waals surface area contributed by atoms with Crippen molar-refractivity contribution in [3.05, 3.63) is 64.2 Å². The number of halogens is 7. The quantitative estimate of drug-likeness (QED) is 0.235. The van der Waals surface area contributed by atoms with Crippen molar-refractivity contribution in [1.82, 2.24) is 20.2 Å². The van der Waals surface area contributed by atoms with Crippen LogP contribution >= 0.6 is 0 Å². The number of tetrazole rings is 1. The number of carbonyl (C=O) groups excluding carboxylic acids is 1. The highest BCUT2D eigenvalue weighted by Crippen LogP contribution is 2.44. The summed E-state index contributed by atoms with van der Waals surface area (Å²) in [5.74, 6) is -0.0562. The fraction of sp³-hybridized carbons (Fsp3) is 0.517. The van der Waals surface area contributed by atoms with Crippen molar-refractivity contribution in [3.63, 3.8) is 0 Å². The van der Waals surface area contributed by atoms with Gasteiger partial charge in [-0.15, -0.1) is 5.10 Å². The van der Waals surface area contributed by atoms with E-state index in [9.17, 15) is 35.5 Å². The van der Waals surface area contributed by atoms with Crippen LogP contribution < -0.4 is 9.80 Å². The first-order valence-electron chi connectivity index (χ1n) is 14.1. The number of rotatable bonds is 8. The fourth-order valence-electron chi connectivity index (χ4n) is 5.19. The third-order valence-corrected chi connectivity index (χ3v) is 7.24. The van der Waals surface area contributed by atoms with Crippen molar-refractivity contribution in [2.75, 3.05) is 9.80 Å². The third kappa shape index (κ3) is 7.07. The van der Waals surface area contributed by atoms with E-state index in [0.29, 0.717) is 29.8 Å². The van der Waals surface area contributed by atoms with Crippen LogP contribution in [-0.4, -0.2) is 38.4 Å². The fourth-order valence-corrected chi connectivity index (χ4v) is 5.19. The number of nitrogens with zero attached hydrogens (tertiary/aromatic N) is 6. The second-order valence-electron chi connectivity index (χ2n) is 11.2. The molecule has 8 nitrogen and oxygen atoms in total. The van der Waals surface area contributed by atoms with Gasteiger partial charge in [-0.2, -0.15) is 31.1 Å². The minimum absolute atomic E-state index is 0.0562. The number of aromatic nitrogens is 4. The molecule has 0 N–H and O–H groups in total. The van der Waals surface area contributed by atoms with Crippen LogP contribution in [0, 0.1) is 0 Å². The number of ether oxygens (including phenoxy) is 1. The standard InChI is InChI=1S/C29H33F7N6O2/c1-6-22-13-25(23-11-18(14-30)7-8-24(23)41(22)27(43)44-17(4)5)40(26-37-39-42(38-26)16(2)3)15-19-9-20(28(31,32)33)12-21(10-19)29(34,35)36/h7-12,16-17,22,25H,6,13-15H2,1-5H3/t22-,25+/m1/s1. The Hall–Kier alpha value is -3.91. The first kappa shape index (κ1) is 33.0. The summed E-state index contributed by atoms with van der Waals surface area (Å²) in [7, 11) is 0. The van der Waals surface area contributed by atoms with Crippen molar-refractivity contribution < 1.29 is 40.3 Å². The molecule has 0 bridgehead atoms. The largest absolute Gasteiger partial charge is 0.446 e. The molecule has 0 aliphatic carbocycles. The first-order valence-corrected chi connectivity index (χ1v) is 14.1. The highest BCUT2D eigenvalue weighted by Gasteiger charge is 2.41. The molecule has 1 aliphatic rings. The minimum Gasteiger partial charge on any atom is -0.446 e. The molecule has 1 aliphatic heterocycles. The molecule has 0 fully saturated rings. The lowest BCUT2D eigenvalue weighted by Gasteiger charge is -2.44. The highest BCUT2D eigenvalue weighted by atomic mass is 19.4. The number of fused-ring (bicyclic) bond motifs is 1. The predicted molar refractivity (Wildman–Crippen MR) is 148 cm³/mol. The Labute approximate surface area is 249 Å². The maximum absolute atomic E-state index is 13.9. The van der Waals surface area contributed by atoms with Gasteiger partial charge in [-0.05, 0) is 92.8 Å². The van der Waals surface area contributed by atoms with Gasteiger partial charge >= 0.3 is 18.4 Å². The monoisotopic (exact) mass is 630 g/mol. The number of carbonyl (C=O) groups is 1. The Bertz CT molecular complexity index is 1440. The molecule has 0 spiro atoms. The van der Waals surface area contributed by atoms with Crippen LogP contribution in [0.5, 0.6) is 0 Å². The summed E-state index contributed by atoms with van der Waals surface area (Å²) in [6, 6.07) is 4.41. The van der Waals surface area contributed by atoms with Crippen LogP contribution in [0.1, 0.15) is 87.4 Å². The molecule has 2 aromatic carbocycles. The lowest BCUT2D eigenvalue weighted by atomic mass is 9.87. The predicted octanol–water partition coefficient (Wildman–Crippen LogP) is 8.04. The summed E-state index contributed by atoms with van der Waals surface area (Å²) in [5.41, 5.74) is -2.17. The number of amides is 1. The van der Waals surface area contributed by atoms with Crippen LogP contribution in [0.2, 0.25) is 0 Å². The van der Waals surface area contributed by atoms with Gasteiger partial charge in [-0.25, -0.2) is 9.18 Å². The van der Waals surface area contributed by atoms with Crippen LogP contribution in [0.25, 0.3) is 0 Å². The molecule has 0 radical (unpaired) electrons. The summed E-state index contributed by atoms with van der Waals surface area (Å²) in [5, 5.41) is 12.5. The Morgan fingerprint density at radius 2 is 1.64 bits per heavy atom. The van der Waals surface area contributed by atoms with Crippen molar-refractivity contribution in [2.45, 2.75) is 97.3 Å². The second-order valence-corrected chi connectivity index (χ2v) is 11.2. The van der Waals surface area contributed by atoms with Gasteiger partial charge in [0.2, 0.25) is 0 Å². The van der Waals surface area contributed by atoms with E-state index in [1.807, 2.05) is 6.92 Å². The maximum atomic E-state index is 13.9. The van der Waals surface area contributed by atoms with Gasteiger partial charge < -0.3 is 9.64 Å². The molecule has 0 unspecified atom stereocenters. The van der Waals surface area contributed by atoms with E-state index in [4.69, 9.17) is 4.74 Å². The van der Waals surface area contributed by atoms with Crippen molar-refractivity contribution in [1.29, 1.82) is 0 Å². The van der Waals surface area contributed by atoms with Crippen LogP contribution in [0.3, 0.4) is 0 Å². The molecular weight excluding hydrogens is 597 g/mol. The molecule has 15 heteroatoms. The SMILES string of the molecule is CC[C@@H]1C[C@H](N(Cc2cc(C(F)(F)F)cc(C(F)(F)F)c2)c2nnn(C(C)C)n2)c2cc(CF)ccc2N1C(=O)OC(C)C. The van der Waals surface area contributed by atoms with Gasteiger partial charge in [0.1, 0.15) is 6.67 Å². The molecule has 0 saturated heterocycles. The Kier molecular flexibility index (Phi) is 9.45. The topological polar surface area (TPSA) is 76.4 Å². The van der Waals surface area contributed by atoms with Gasteiger partial charge in [0.15, 0.2) is 0 Å². The first-order chi connectivity index (χ1) is 20.5. The Morgan fingerprint density at radius 1 is 1.00 bits per heavy atom. The number of hydrogen-bond acceptors (Lipinski definition) is 6. The zero-order valence-corrected chi connectivity index (χ0v) is 24.7. The summed E-state index contributed by atoms with van der Waals surface area (Å²) >= 11 is 0. The summed E-state index contributed by atoms with van der Waals surface area (Å²) < 4.78 is 102. The van der Waals surface area contributed by atoms with Crippen molar-refractivity contribution in [3.8, 4) is 0 Å². The lowest BCUT2D eigenvalue weighted by Crippen LogP contribution is -2.48. The second kappa shape index (κ2) is 12.6. The lowest BCUT2D eigenvalue weighted by molar-refractivity contribution is -0.143. The zero-order chi connectivity index (χ0) is 32.6. The van der Waals surface area contributed by atoms with Gasteiger partial charge in [0.05, 0.1) is 35.0 Å². The highest BCUT2D eigenvalue weighted by molar-refractivity contribution is 5.90. The number of hydrogen-bond donors (Lipinski definition) is 0. The summed E-state index contributed by atoms with van der Waals surface area (Å²) in [6.45, 7) is 7.42. The Balaban J connectivity index is 1.92. The molecule has 44 heavy (non-hydrogen) atoms. The van der Waals surface area contributed by atoms with Crippen molar-refractivity contribution in [2.24, 2.45) is 0 Å². The van der Waals surface area contributed by atoms with E-state index in [-0.39, 0.29) is 35.6 Å². The van der Waals surface area contributed by atoms with Crippen LogP contribution in [-0.2, 0) is 30.3 Å². The van der Waals surface area contributed by atoms with E-state index >= 15 is 0 Å². The number of anilines is 2. The van der Waals surface area contributed by atoms with Gasteiger partial charge in [0, 0.05) is 12.6 Å². The molecule has 2 atom stereocenters. The van der Waals surface area contributed by atoms with Crippen LogP contribution in [0.15, 0.2) is 36.4 Å². The van der Waals surface area contributed by atoms with Gasteiger partial charge in [0.25, 0.3) is 5.95 Å². The van der Waals surface area contributed by atoms with E-state index in [0.717, 1.165) is 0 Å². The van der Waals surface area contributed by atoms with Gasteiger partial charge in [-0.3, -0.25) is 4.90 Å². The third-order valence-electron chi connectivity index (χ3n) is 7.24. The summed E-state index contributed by atoms with van der Waals surface area (Å²) in [4.78, 5) is 17.4. The summed E-state index contributed by atoms with van der Waals surface area (Å²) in [6.07, 6.45) is -10.6. The molecular formula is C29H33F7N6O2. The normalized spacial score (nSPS) is 17.3. The molecule has 0 saturated carbocycles. The average molecular weight is 631 g/mol. The maximum Gasteiger partial charge on any atom is 0.416 e. The molecule has 1 aromatic heterocycles. The zero-order valence-electron chi connectivity index (χ0n) is 24.7. The minimum atomic E-state index is -5.04. The van der Waals surface area contributed by atoms with E-state index in [1.54, 1.807) is 33.8 Å². The van der Waals surface area contributed by atoms with E-state index in [2.05, 4.69) is 15.4 Å². The molecule has 2 heterocycles. The molecule has 240 valence electrons. The number of benzene rings is 2.